The van der Waals surface area contributed by atoms with Gasteiger partial charge in [0.15, 0.2) is 0 Å². The predicted molar refractivity (Wildman–Crippen MR) is 60.3 cm³/mol. The van der Waals surface area contributed by atoms with Crippen LogP contribution in [0.5, 0.6) is 0 Å². The van der Waals surface area contributed by atoms with Crippen molar-refractivity contribution in [2.45, 2.75) is 64.5 Å². The lowest BCUT2D eigenvalue weighted by Gasteiger charge is -2.32. The van der Waals surface area contributed by atoms with E-state index in [0.29, 0.717) is 12.6 Å². The van der Waals surface area contributed by atoms with E-state index < -0.39 is 0 Å². The Labute approximate surface area is 88.1 Å². The lowest BCUT2D eigenvalue weighted by molar-refractivity contribution is 0.241. The Morgan fingerprint density at radius 3 is 2.71 bits per heavy atom. The molecule has 1 rings (SSSR count). The maximum Gasteiger partial charge on any atom is 0.0431 e. The van der Waals surface area contributed by atoms with E-state index in [1.54, 1.807) is 0 Å². The third-order valence-corrected chi connectivity index (χ3v) is 3.41. The molecule has 3 atom stereocenters. The van der Waals surface area contributed by atoms with E-state index >= 15 is 0 Å². The zero-order valence-electron chi connectivity index (χ0n) is 9.63. The molecule has 0 spiro atoms. The van der Waals surface area contributed by atoms with Gasteiger partial charge in [-0.15, -0.1) is 0 Å². The minimum atomic E-state index is 0.326. The molecule has 0 aromatic rings. The summed E-state index contributed by atoms with van der Waals surface area (Å²) >= 11 is 0. The highest BCUT2D eigenvalue weighted by molar-refractivity contribution is 4.80. The second-order valence-corrected chi connectivity index (χ2v) is 4.80. The summed E-state index contributed by atoms with van der Waals surface area (Å²) in [6.07, 6.45) is 7.53. The quantitative estimate of drug-likeness (QED) is 0.712. The molecule has 0 heterocycles. The molecular formula is C12H25NO. The normalized spacial score (nSPS) is 30.2. The number of aliphatic hydroxyl groups excluding tert-OH is 1. The average molecular weight is 199 g/mol. The Bertz CT molecular complexity index is 149. The monoisotopic (exact) mass is 199 g/mol. The van der Waals surface area contributed by atoms with E-state index in [2.05, 4.69) is 19.2 Å². The van der Waals surface area contributed by atoms with Crippen LogP contribution in [0.1, 0.15) is 52.4 Å². The van der Waals surface area contributed by atoms with Crippen LogP contribution in [0.2, 0.25) is 0 Å². The van der Waals surface area contributed by atoms with Crippen LogP contribution in [0.4, 0.5) is 0 Å². The van der Waals surface area contributed by atoms with Gasteiger partial charge in [-0.25, -0.2) is 0 Å². The third kappa shape index (κ3) is 3.97. The first-order chi connectivity index (χ1) is 6.74. The van der Waals surface area contributed by atoms with E-state index in [4.69, 9.17) is 5.11 Å². The molecule has 2 heteroatoms. The molecule has 0 unspecified atom stereocenters. The van der Waals surface area contributed by atoms with Crippen molar-refractivity contribution in [1.82, 2.24) is 5.32 Å². The number of hydrogen-bond acceptors (Lipinski definition) is 2. The first kappa shape index (κ1) is 12.0. The second kappa shape index (κ2) is 6.41. The Morgan fingerprint density at radius 1 is 1.36 bits per heavy atom. The van der Waals surface area contributed by atoms with Crippen molar-refractivity contribution >= 4 is 0 Å². The van der Waals surface area contributed by atoms with Crippen LogP contribution in [0.3, 0.4) is 0 Å². The Morgan fingerprint density at radius 2 is 2.07 bits per heavy atom. The summed E-state index contributed by atoms with van der Waals surface area (Å²) in [7, 11) is 0. The van der Waals surface area contributed by atoms with Crippen molar-refractivity contribution in [3.63, 3.8) is 0 Å². The summed E-state index contributed by atoms with van der Waals surface area (Å²) in [5.74, 6) is 0.834. The topological polar surface area (TPSA) is 32.3 Å². The summed E-state index contributed by atoms with van der Waals surface area (Å²) in [5, 5.41) is 12.4. The molecule has 1 fully saturated rings. The smallest absolute Gasteiger partial charge is 0.0431 e. The minimum absolute atomic E-state index is 0.326. The molecule has 0 aliphatic heterocycles. The Balaban J connectivity index is 2.20. The molecule has 14 heavy (non-hydrogen) atoms. The lowest BCUT2D eigenvalue weighted by Crippen LogP contribution is -2.42. The van der Waals surface area contributed by atoms with Gasteiger partial charge in [-0.3, -0.25) is 0 Å². The average Bonchev–Trinajstić information content (AvgIpc) is 2.18. The first-order valence-electron chi connectivity index (χ1n) is 6.11. The van der Waals surface area contributed by atoms with E-state index in [1.165, 1.54) is 25.7 Å². The molecule has 1 saturated carbocycles. The minimum Gasteiger partial charge on any atom is -0.396 e. The second-order valence-electron chi connectivity index (χ2n) is 4.80. The van der Waals surface area contributed by atoms with Crippen molar-refractivity contribution < 1.29 is 5.11 Å². The highest BCUT2D eigenvalue weighted by Gasteiger charge is 2.21. The lowest BCUT2D eigenvalue weighted by atomic mass is 9.85. The van der Waals surface area contributed by atoms with E-state index in [-0.39, 0.29) is 0 Å². The van der Waals surface area contributed by atoms with Gasteiger partial charge in [-0.2, -0.15) is 0 Å². The largest absolute Gasteiger partial charge is 0.396 e. The highest BCUT2D eigenvalue weighted by Crippen LogP contribution is 2.24. The van der Waals surface area contributed by atoms with Gasteiger partial charge in [0.1, 0.15) is 0 Å². The van der Waals surface area contributed by atoms with Gasteiger partial charge in [0, 0.05) is 18.7 Å². The first-order valence-corrected chi connectivity index (χ1v) is 6.11. The molecule has 0 aromatic heterocycles. The van der Waals surface area contributed by atoms with Gasteiger partial charge >= 0.3 is 0 Å². The van der Waals surface area contributed by atoms with Gasteiger partial charge in [0.25, 0.3) is 0 Å². The molecule has 84 valence electrons. The fourth-order valence-corrected chi connectivity index (χ4v) is 2.41. The molecule has 1 aliphatic rings. The third-order valence-electron chi connectivity index (χ3n) is 3.41. The standard InChI is InChI=1S/C12H25NO/c1-10-6-3-4-8-12(10)13-11(2)7-5-9-14/h10-14H,3-9H2,1-2H3/t10-,11-,12-/m1/s1. The van der Waals surface area contributed by atoms with Crippen LogP contribution in [-0.4, -0.2) is 23.8 Å². The number of rotatable bonds is 5. The molecule has 0 aromatic carbocycles. The van der Waals surface area contributed by atoms with Gasteiger partial charge in [-0.1, -0.05) is 19.8 Å². The molecule has 0 saturated heterocycles. The van der Waals surface area contributed by atoms with Crippen molar-refractivity contribution in [3.8, 4) is 0 Å². The van der Waals surface area contributed by atoms with Gasteiger partial charge in [-0.05, 0) is 38.5 Å². The number of aliphatic hydroxyl groups is 1. The van der Waals surface area contributed by atoms with E-state index in [9.17, 15) is 0 Å². The van der Waals surface area contributed by atoms with E-state index in [0.717, 1.165) is 24.8 Å². The van der Waals surface area contributed by atoms with Gasteiger partial charge in [0.05, 0.1) is 0 Å². The van der Waals surface area contributed by atoms with Crippen LogP contribution in [0, 0.1) is 5.92 Å². The molecule has 0 amide bonds. The highest BCUT2D eigenvalue weighted by atomic mass is 16.2. The maximum absolute atomic E-state index is 8.75. The predicted octanol–water partition coefficient (Wildman–Crippen LogP) is 2.32. The van der Waals surface area contributed by atoms with Crippen molar-refractivity contribution in [1.29, 1.82) is 0 Å². The van der Waals surface area contributed by atoms with Crippen LogP contribution >= 0.6 is 0 Å². The molecule has 0 radical (unpaired) electrons. The summed E-state index contributed by atoms with van der Waals surface area (Å²) in [4.78, 5) is 0. The molecule has 0 bridgehead atoms. The van der Waals surface area contributed by atoms with Crippen molar-refractivity contribution in [2.75, 3.05) is 6.61 Å². The zero-order valence-corrected chi connectivity index (χ0v) is 9.63. The summed E-state index contributed by atoms with van der Waals surface area (Å²) < 4.78 is 0. The van der Waals surface area contributed by atoms with Crippen LogP contribution in [0.15, 0.2) is 0 Å². The fourth-order valence-electron chi connectivity index (χ4n) is 2.41. The van der Waals surface area contributed by atoms with Gasteiger partial charge < -0.3 is 10.4 Å². The summed E-state index contributed by atoms with van der Waals surface area (Å²) in [5.41, 5.74) is 0. The zero-order chi connectivity index (χ0) is 10.4. The number of nitrogens with one attached hydrogen (secondary N) is 1. The summed E-state index contributed by atoms with van der Waals surface area (Å²) in [6.45, 7) is 4.92. The van der Waals surface area contributed by atoms with Crippen LogP contribution in [-0.2, 0) is 0 Å². The van der Waals surface area contributed by atoms with Crippen molar-refractivity contribution in [2.24, 2.45) is 5.92 Å². The van der Waals surface area contributed by atoms with E-state index in [1.807, 2.05) is 0 Å². The molecule has 2 N–H and O–H groups in total. The molecule has 1 aliphatic carbocycles. The Kier molecular flexibility index (Phi) is 5.49. The Hall–Kier alpha value is -0.0800. The maximum atomic E-state index is 8.75. The van der Waals surface area contributed by atoms with Gasteiger partial charge in [0.2, 0.25) is 0 Å². The molecule has 2 nitrogen and oxygen atoms in total. The van der Waals surface area contributed by atoms with Crippen LogP contribution < -0.4 is 5.32 Å². The fraction of sp³-hybridized carbons (Fsp3) is 1.00. The van der Waals surface area contributed by atoms with Crippen molar-refractivity contribution in [3.05, 3.63) is 0 Å². The molecular weight excluding hydrogens is 174 g/mol. The SMILES string of the molecule is C[C@H](CCCO)N[C@@H]1CCCC[C@H]1C. The number of hydrogen-bond donors (Lipinski definition) is 2. The summed E-state index contributed by atoms with van der Waals surface area (Å²) in [6, 6.07) is 1.28. The van der Waals surface area contributed by atoms with Crippen LogP contribution in [0.25, 0.3) is 0 Å².